The van der Waals surface area contributed by atoms with Gasteiger partial charge in [-0.25, -0.2) is 0 Å². The monoisotopic (exact) mass is 321 g/mol. The third-order valence-electron chi connectivity index (χ3n) is 3.24. The quantitative estimate of drug-likeness (QED) is 0.907. The fraction of sp³-hybridized carbons (Fsp3) is 0.400. The smallest absolute Gasteiger partial charge is 0.0597 e. The minimum Gasteiger partial charge on any atom is -0.305 e. The molecule has 0 fully saturated rings. The van der Waals surface area contributed by atoms with Crippen molar-refractivity contribution in [1.82, 2.24) is 15.1 Å². The summed E-state index contributed by atoms with van der Waals surface area (Å²) in [6.07, 6.45) is 0. The second kappa shape index (κ2) is 6.35. The van der Waals surface area contributed by atoms with E-state index in [2.05, 4.69) is 75.2 Å². The number of nitrogens with one attached hydrogen (secondary N) is 1. The fourth-order valence-corrected chi connectivity index (χ4v) is 2.41. The second-order valence-electron chi connectivity index (χ2n) is 4.75. The van der Waals surface area contributed by atoms with Crippen LogP contribution in [0.2, 0.25) is 0 Å². The van der Waals surface area contributed by atoms with E-state index in [1.807, 2.05) is 6.92 Å². The van der Waals surface area contributed by atoms with E-state index in [1.54, 1.807) is 0 Å². The molecule has 1 atom stereocenters. The van der Waals surface area contributed by atoms with Crippen LogP contribution in [0.5, 0.6) is 0 Å². The van der Waals surface area contributed by atoms with Crippen molar-refractivity contribution in [3.8, 4) is 0 Å². The van der Waals surface area contributed by atoms with Crippen LogP contribution in [0.15, 0.2) is 34.8 Å². The lowest BCUT2D eigenvalue weighted by Gasteiger charge is -2.14. The molecule has 0 amide bonds. The summed E-state index contributed by atoms with van der Waals surface area (Å²) in [5.74, 6) is 0. The summed E-state index contributed by atoms with van der Waals surface area (Å²) >= 11 is 3.46. The number of hydrogen-bond donors (Lipinski definition) is 1. The summed E-state index contributed by atoms with van der Waals surface area (Å²) in [6.45, 7) is 8.09. The van der Waals surface area contributed by atoms with E-state index in [0.29, 0.717) is 6.04 Å². The molecule has 3 nitrogen and oxygen atoms in total. The molecule has 1 N–H and O–H groups in total. The molecule has 0 aliphatic rings. The second-order valence-corrected chi connectivity index (χ2v) is 5.66. The van der Waals surface area contributed by atoms with Crippen molar-refractivity contribution in [3.63, 3.8) is 0 Å². The van der Waals surface area contributed by atoms with Crippen LogP contribution < -0.4 is 5.32 Å². The highest BCUT2D eigenvalue weighted by Gasteiger charge is 2.08. The van der Waals surface area contributed by atoms with E-state index < -0.39 is 0 Å². The molecule has 19 heavy (non-hydrogen) atoms. The van der Waals surface area contributed by atoms with Gasteiger partial charge in [-0.3, -0.25) is 4.68 Å². The topological polar surface area (TPSA) is 29.9 Å². The number of rotatable bonds is 5. The molecule has 0 aliphatic carbocycles. The number of hydrogen-bond acceptors (Lipinski definition) is 2. The number of benzene rings is 1. The lowest BCUT2D eigenvalue weighted by Crippen LogP contribution is -2.20. The van der Waals surface area contributed by atoms with E-state index in [1.165, 1.54) is 11.3 Å². The van der Waals surface area contributed by atoms with E-state index >= 15 is 0 Å². The number of aryl methyl sites for hydroxylation is 2. The number of aromatic nitrogens is 2. The first-order chi connectivity index (χ1) is 9.10. The fourth-order valence-electron chi connectivity index (χ4n) is 2.14. The molecule has 0 radical (unpaired) electrons. The van der Waals surface area contributed by atoms with Crippen molar-refractivity contribution in [3.05, 3.63) is 51.8 Å². The summed E-state index contributed by atoms with van der Waals surface area (Å²) in [5, 5.41) is 8.01. The largest absolute Gasteiger partial charge is 0.305 e. The van der Waals surface area contributed by atoms with Crippen LogP contribution in [0.3, 0.4) is 0 Å². The van der Waals surface area contributed by atoms with Gasteiger partial charge in [0.1, 0.15) is 0 Å². The van der Waals surface area contributed by atoms with Gasteiger partial charge < -0.3 is 5.32 Å². The van der Waals surface area contributed by atoms with Crippen molar-refractivity contribution in [2.75, 3.05) is 0 Å². The Bertz CT molecular complexity index is 531. The first-order valence-corrected chi connectivity index (χ1v) is 7.41. The highest BCUT2D eigenvalue weighted by Crippen LogP contribution is 2.17. The highest BCUT2D eigenvalue weighted by atomic mass is 79.9. The SMILES string of the molecule is CCn1nc(C)cc1CN[C@@H](C)c1ccc(Br)cc1. The van der Waals surface area contributed by atoms with Crippen LogP contribution in [-0.4, -0.2) is 9.78 Å². The molecule has 0 spiro atoms. The van der Waals surface area contributed by atoms with Crippen LogP contribution in [0.1, 0.15) is 36.8 Å². The van der Waals surface area contributed by atoms with Crippen molar-refractivity contribution in [2.45, 2.75) is 39.9 Å². The molecule has 0 saturated carbocycles. The first-order valence-electron chi connectivity index (χ1n) is 6.62. The van der Waals surface area contributed by atoms with Crippen molar-refractivity contribution in [2.24, 2.45) is 0 Å². The average Bonchev–Trinajstić information content (AvgIpc) is 2.77. The van der Waals surface area contributed by atoms with E-state index in [9.17, 15) is 0 Å². The number of nitrogens with zero attached hydrogens (tertiary/aromatic N) is 2. The van der Waals surface area contributed by atoms with E-state index in [4.69, 9.17) is 0 Å². The van der Waals surface area contributed by atoms with Crippen LogP contribution in [0.25, 0.3) is 0 Å². The summed E-state index contributed by atoms with van der Waals surface area (Å²) in [5.41, 5.74) is 3.61. The van der Waals surface area contributed by atoms with E-state index in [0.717, 1.165) is 23.3 Å². The van der Waals surface area contributed by atoms with Crippen LogP contribution in [-0.2, 0) is 13.1 Å². The van der Waals surface area contributed by atoms with Gasteiger partial charge in [0.25, 0.3) is 0 Å². The molecule has 2 rings (SSSR count). The third kappa shape index (κ3) is 3.67. The molecule has 0 bridgehead atoms. The molecule has 0 unspecified atom stereocenters. The lowest BCUT2D eigenvalue weighted by molar-refractivity contribution is 0.531. The van der Waals surface area contributed by atoms with Crippen LogP contribution in [0.4, 0.5) is 0 Å². The maximum Gasteiger partial charge on any atom is 0.0597 e. The normalized spacial score (nSPS) is 12.6. The zero-order valence-corrected chi connectivity index (χ0v) is 13.2. The average molecular weight is 322 g/mol. The Morgan fingerprint density at radius 3 is 2.63 bits per heavy atom. The molecular weight excluding hydrogens is 302 g/mol. The van der Waals surface area contributed by atoms with Crippen molar-refractivity contribution in [1.29, 1.82) is 0 Å². The van der Waals surface area contributed by atoms with E-state index in [-0.39, 0.29) is 0 Å². The Balaban J connectivity index is 1.99. The molecular formula is C15H20BrN3. The maximum atomic E-state index is 4.46. The standard InChI is InChI=1S/C15H20BrN3/c1-4-19-15(9-11(2)18-19)10-17-12(3)13-5-7-14(16)8-6-13/h5-9,12,17H,4,10H2,1-3H3/t12-/m0/s1. The van der Waals surface area contributed by atoms with Gasteiger partial charge in [0.15, 0.2) is 0 Å². The van der Waals surface area contributed by atoms with Gasteiger partial charge >= 0.3 is 0 Å². The van der Waals surface area contributed by atoms with Gasteiger partial charge in [-0.1, -0.05) is 28.1 Å². The van der Waals surface area contributed by atoms with Gasteiger partial charge in [-0.05, 0) is 44.5 Å². The minimum atomic E-state index is 0.327. The van der Waals surface area contributed by atoms with Gasteiger partial charge in [0.2, 0.25) is 0 Å². The van der Waals surface area contributed by atoms with Gasteiger partial charge in [0, 0.05) is 23.6 Å². The maximum absolute atomic E-state index is 4.46. The first kappa shape index (κ1) is 14.3. The summed E-state index contributed by atoms with van der Waals surface area (Å²) in [4.78, 5) is 0. The summed E-state index contributed by atoms with van der Waals surface area (Å²) < 4.78 is 3.17. The van der Waals surface area contributed by atoms with Crippen molar-refractivity contribution < 1.29 is 0 Å². The molecule has 1 aromatic heterocycles. The molecule has 0 aliphatic heterocycles. The van der Waals surface area contributed by atoms with Gasteiger partial charge in [-0.15, -0.1) is 0 Å². The molecule has 4 heteroatoms. The van der Waals surface area contributed by atoms with Crippen molar-refractivity contribution >= 4 is 15.9 Å². The molecule has 102 valence electrons. The number of halogens is 1. The Kier molecular flexibility index (Phi) is 4.77. The minimum absolute atomic E-state index is 0.327. The van der Waals surface area contributed by atoms with Crippen LogP contribution >= 0.6 is 15.9 Å². The summed E-state index contributed by atoms with van der Waals surface area (Å²) in [6, 6.07) is 10.9. The Morgan fingerprint density at radius 1 is 1.32 bits per heavy atom. The lowest BCUT2D eigenvalue weighted by atomic mass is 10.1. The molecule has 0 saturated heterocycles. The molecule has 2 aromatic rings. The van der Waals surface area contributed by atoms with Gasteiger partial charge in [0.05, 0.1) is 11.4 Å². The predicted octanol–water partition coefficient (Wildman–Crippen LogP) is 3.82. The predicted molar refractivity (Wildman–Crippen MR) is 82.0 cm³/mol. The zero-order valence-electron chi connectivity index (χ0n) is 11.7. The zero-order chi connectivity index (χ0) is 13.8. The molecule has 1 aromatic carbocycles. The Hall–Kier alpha value is -1.13. The third-order valence-corrected chi connectivity index (χ3v) is 3.77. The summed E-state index contributed by atoms with van der Waals surface area (Å²) in [7, 11) is 0. The Morgan fingerprint density at radius 2 is 2.00 bits per heavy atom. The van der Waals surface area contributed by atoms with Crippen LogP contribution in [0, 0.1) is 6.92 Å². The Labute approximate surface area is 123 Å². The highest BCUT2D eigenvalue weighted by molar-refractivity contribution is 9.10. The van der Waals surface area contributed by atoms with Gasteiger partial charge in [-0.2, -0.15) is 5.10 Å². The molecule has 1 heterocycles.